The highest BCUT2D eigenvalue weighted by Gasteiger charge is 2.05. The molecule has 2 aromatic rings. The van der Waals surface area contributed by atoms with Crippen LogP contribution in [0.25, 0.3) is 0 Å². The van der Waals surface area contributed by atoms with E-state index < -0.39 is 0 Å². The van der Waals surface area contributed by atoms with Crippen LogP contribution in [-0.4, -0.2) is 7.11 Å². The number of halogens is 1. The van der Waals surface area contributed by atoms with E-state index in [1.807, 2.05) is 42.5 Å². The van der Waals surface area contributed by atoms with E-state index in [0.717, 1.165) is 33.5 Å². The van der Waals surface area contributed by atoms with Crippen LogP contribution in [0.4, 0.5) is 0 Å². The van der Waals surface area contributed by atoms with Crippen LogP contribution in [0.1, 0.15) is 30.5 Å². The van der Waals surface area contributed by atoms with Gasteiger partial charge >= 0.3 is 0 Å². The molecule has 0 heterocycles. The molecule has 112 valence electrons. The molecule has 2 N–H and O–H groups in total. The van der Waals surface area contributed by atoms with Crippen LogP contribution in [0.3, 0.4) is 0 Å². The summed E-state index contributed by atoms with van der Waals surface area (Å²) in [5, 5.41) is 0. The maximum absolute atomic E-state index is 6.00. The van der Waals surface area contributed by atoms with E-state index in [1.54, 1.807) is 7.11 Å². The molecule has 0 fully saturated rings. The minimum absolute atomic E-state index is 0.0894. The monoisotopic (exact) mass is 349 g/mol. The fourth-order valence-corrected chi connectivity index (χ4v) is 2.36. The molecule has 0 aliphatic rings. The van der Waals surface area contributed by atoms with Gasteiger partial charge < -0.3 is 15.2 Å². The summed E-state index contributed by atoms with van der Waals surface area (Å²) in [7, 11) is 1.66. The van der Waals surface area contributed by atoms with Gasteiger partial charge in [0.25, 0.3) is 0 Å². The molecule has 1 atom stereocenters. The molecule has 1 unspecified atom stereocenters. The van der Waals surface area contributed by atoms with Crippen LogP contribution in [0.2, 0.25) is 0 Å². The third kappa shape index (κ3) is 4.22. The Bertz CT molecular complexity index is 584. The SMILES string of the molecule is CCC(N)c1ccc(OCc2cc(OC)ccc2Br)cc1. The van der Waals surface area contributed by atoms with Crippen molar-refractivity contribution in [3.8, 4) is 11.5 Å². The minimum Gasteiger partial charge on any atom is -0.497 e. The quantitative estimate of drug-likeness (QED) is 0.837. The van der Waals surface area contributed by atoms with Crippen LogP contribution in [0, 0.1) is 0 Å². The highest BCUT2D eigenvalue weighted by molar-refractivity contribution is 9.10. The third-order valence-corrected chi connectivity index (χ3v) is 4.17. The maximum atomic E-state index is 6.00. The fourth-order valence-electron chi connectivity index (χ4n) is 2.00. The predicted molar refractivity (Wildman–Crippen MR) is 88.7 cm³/mol. The zero-order valence-electron chi connectivity index (χ0n) is 12.3. The van der Waals surface area contributed by atoms with E-state index in [2.05, 4.69) is 22.9 Å². The van der Waals surface area contributed by atoms with Gasteiger partial charge in [-0.25, -0.2) is 0 Å². The van der Waals surface area contributed by atoms with E-state index in [0.29, 0.717) is 6.61 Å². The van der Waals surface area contributed by atoms with Crippen molar-refractivity contribution < 1.29 is 9.47 Å². The molecular formula is C17H20BrNO2. The second-order valence-electron chi connectivity index (χ2n) is 4.83. The van der Waals surface area contributed by atoms with Crippen molar-refractivity contribution in [3.05, 3.63) is 58.1 Å². The summed E-state index contributed by atoms with van der Waals surface area (Å²) in [5.41, 5.74) is 8.18. The zero-order valence-corrected chi connectivity index (χ0v) is 13.9. The van der Waals surface area contributed by atoms with Gasteiger partial charge in [0.1, 0.15) is 18.1 Å². The summed E-state index contributed by atoms with van der Waals surface area (Å²) in [6, 6.07) is 13.9. The summed E-state index contributed by atoms with van der Waals surface area (Å²) in [6.45, 7) is 2.56. The summed E-state index contributed by atoms with van der Waals surface area (Å²) in [4.78, 5) is 0. The van der Waals surface area contributed by atoms with E-state index in [1.165, 1.54) is 0 Å². The highest BCUT2D eigenvalue weighted by atomic mass is 79.9. The Morgan fingerprint density at radius 3 is 2.38 bits per heavy atom. The molecule has 0 aromatic heterocycles. The average Bonchev–Trinajstić information content (AvgIpc) is 2.54. The summed E-state index contributed by atoms with van der Waals surface area (Å²) < 4.78 is 12.0. The van der Waals surface area contributed by atoms with Gasteiger partial charge in [-0.3, -0.25) is 0 Å². The normalized spacial score (nSPS) is 12.0. The molecule has 21 heavy (non-hydrogen) atoms. The second kappa shape index (κ2) is 7.48. The van der Waals surface area contributed by atoms with Crippen molar-refractivity contribution in [1.29, 1.82) is 0 Å². The second-order valence-corrected chi connectivity index (χ2v) is 5.68. The van der Waals surface area contributed by atoms with Gasteiger partial charge in [-0.1, -0.05) is 35.0 Å². The smallest absolute Gasteiger partial charge is 0.119 e. The zero-order chi connectivity index (χ0) is 15.2. The molecule has 4 heteroatoms. The molecule has 2 rings (SSSR count). The first-order valence-electron chi connectivity index (χ1n) is 6.94. The molecule has 0 aliphatic heterocycles. The predicted octanol–water partition coefficient (Wildman–Crippen LogP) is 4.45. The first kappa shape index (κ1) is 15.9. The van der Waals surface area contributed by atoms with Crippen LogP contribution in [0.5, 0.6) is 11.5 Å². The molecule has 0 aliphatic carbocycles. The lowest BCUT2D eigenvalue weighted by atomic mass is 10.1. The first-order chi connectivity index (χ1) is 10.1. The van der Waals surface area contributed by atoms with E-state index in [4.69, 9.17) is 15.2 Å². The lowest BCUT2D eigenvalue weighted by molar-refractivity contribution is 0.304. The van der Waals surface area contributed by atoms with Gasteiger partial charge in [-0.2, -0.15) is 0 Å². The number of benzene rings is 2. The molecule has 0 radical (unpaired) electrons. The molecule has 0 saturated heterocycles. The first-order valence-corrected chi connectivity index (χ1v) is 7.74. The standard InChI is InChI=1S/C17H20BrNO2/c1-3-17(19)12-4-6-14(7-5-12)21-11-13-10-15(20-2)8-9-16(13)18/h4-10,17H,3,11,19H2,1-2H3. The Labute approximate surface area is 134 Å². The molecule has 3 nitrogen and oxygen atoms in total. The van der Waals surface area contributed by atoms with Crippen LogP contribution in [-0.2, 0) is 6.61 Å². The number of hydrogen-bond acceptors (Lipinski definition) is 3. The number of ether oxygens (including phenoxy) is 2. The van der Waals surface area contributed by atoms with Gasteiger partial charge in [0.2, 0.25) is 0 Å². The highest BCUT2D eigenvalue weighted by Crippen LogP contribution is 2.24. The Morgan fingerprint density at radius 1 is 1.10 bits per heavy atom. The Balaban J connectivity index is 2.03. The number of hydrogen-bond donors (Lipinski definition) is 1. The van der Waals surface area contributed by atoms with Gasteiger partial charge in [-0.05, 0) is 42.3 Å². The molecular weight excluding hydrogens is 330 g/mol. The van der Waals surface area contributed by atoms with Crippen LogP contribution < -0.4 is 15.2 Å². The molecule has 2 aromatic carbocycles. The Kier molecular flexibility index (Phi) is 5.65. The lowest BCUT2D eigenvalue weighted by Gasteiger charge is -2.12. The molecule has 0 saturated carbocycles. The maximum Gasteiger partial charge on any atom is 0.119 e. The number of rotatable bonds is 6. The summed E-state index contributed by atoms with van der Waals surface area (Å²) in [6.07, 6.45) is 0.928. The molecule has 0 bridgehead atoms. The molecule has 0 amide bonds. The Morgan fingerprint density at radius 2 is 1.76 bits per heavy atom. The molecule has 0 spiro atoms. The van der Waals surface area contributed by atoms with Crippen molar-refractivity contribution in [2.45, 2.75) is 26.0 Å². The van der Waals surface area contributed by atoms with E-state index in [9.17, 15) is 0 Å². The average molecular weight is 350 g/mol. The van der Waals surface area contributed by atoms with E-state index in [-0.39, 0.29) is 6.04 Å². The number of methoxy groups -OCH3 is 1. The van der Waals surface area contributed by atoms with Crippen molar-refractivity contribution in [1.82, 2.24) is 0 Å². The van der Waals surface area contributed by atoms with Crippen LogP contribution in [0.15, 0.2) is 46.9 Å². The largest absolute Gasteiger partial charge is 0.497 e. The lowest BCUT2D eigenvalue weighted by Crippen LogP contribution is -2.08. The van der Waals surface area contributed by atoms with Crippen molar-refractivity contribution in [3.63, 3.8) is 0 Å². The van der Waals surface area contributed by atoms with Crippen molar-refractivity contribution >= 4 is 15.9 Å². The topological polar surface area (TPSA) is 44.5 Å². The number of nitrogens with two attached hydrogens (primary N) is 1. The van der Waals surface area contributed by atoms with Gasteiger partial charge in [-0.15, -0.1) is 0 Å². The van der Waals surface area contributed by atoms with Crippen molar-refractivity contribution in [2.24, 2.45) is 5.73 Å². The summed E-state index contributed by atoms with van der Waals surface area (Å²) in [5.74, 6) is 1.65. The fraction of sp³-hybridized carbons (Fsp3) is 0.294. The minimum atomic E-state index is 0.0894. The Hall–Kier alpha value is -1.52. The van der Waals surface area contributed by atoms with Gasteiger partial charge in [0, 0.05) is 16.1 Å². The van der Waals surface area contributed by atoms with Crippen LogP contribution >= 0.6 is 15.9 Å². The summed E-state index contributed by atoms with van der Waals surface area (Å²) >= 11 is 3.52. The van der Waals surface area contributed by atoms with Gasteiger partial charge in [0.05, 0.1) is 7.11 Å². The van der Waals surface area contributed by atoms with Gasteiger partial charge in [0.15, 0.2) is 0 Å². The van der Waals surface area contributed by atoms with Crippen molar-refractivity contribution in [2.75, 3.05) is 7.11 Å². The third-order valence-electron chi connectivity index (χ3n) is 3.40. The van der Waals surface area contributed by atoms with E-state index >= 15 is 0 Å².